The van der Waals surface area contributed by atoms with Gasteiger partial charge in [0.05, 0.1) is 11.4 Å². The molecular weight excluding hydrogens is 246 g/mol. The summed E-state index contributed by atoms with van der Waals surface area (Å²) in [6.45, 7) is 8.58. The number of nitrogens with one attached hydrogen (secondary N) is 1. The van der Waals surface area contributed by atoms with E-state index in [1.165, 1.54) is 34.0 Å². The first-order chi connectivity index (χ1) is 9.72. The molecule has 1 aliphatic rings. The first kappa shape index (κ1) is 13.4. The zero-order valence-electron chi connectivity index (χ0n) is 12.7. The average molecular weight is 269 g/mol. The summed E-state index contributed by atoms with van der Waals surface area (Å²) in [5, 5.41) is 3.43. The molecule has 1 aromatic heterocycles. The van der Waals surface area contributed by atoms with Gasteiger partial charge in [0.2, 0.25) is 0 Å². The molecule has 0 saturated carbocycles. The van der Waals surface area contributed by atoms with E-state index in [4.69, 9.17) is 4.98 Å². The van der Waals surface area contributed by atoms with Gasteiger partial charge in [-0.1, -0.05) is 19.1 Å². The van der Waals surface area contributed by atoms with Crippen LogP contribution in [0.3, 0.4) is 0 Å². The van der Waals surface area contributed by atoms with Gasteiger partial charge in [-0.2, -0.15) is 0 Å². The Morgan fingerprint density at radius 3 is 2.95 bits per heavy atom. The highest BCUT2D eigenvalue weighted by molar-refractivity contribution is 5.48. The SMILES string of the molecule is CCCc1nc2c(n1-c1cccc(C)c1C)CCNC2. The van der Waals surface area contributed by atoms with Crippen LogP contribution in [0.5, 0.6) is 0 Å². The molecule has 1 aliphatic heterocycles. The molecule has 0 spiro atoms. The summed E-state index contributed by atoms with van der Waals surface area (Å²) < 4.78 is 2.42. The van der Waals surface area contributed by atoms with E-state index < -0.39 is 0 Å². The fourth-order valence-corrected chi connectivity index (χ4v) is 3.02. The lowest BCUT2D eigenvalue weighted by Gasteiger charge is -2.18. The maximum Gasteiger partial charge on any atom is 0.113 e. The number of nitrogens with zero attached hydrogens (tertiary/aromatic N) is 2. The molecule has 2 aromatic rings. The Morgan fingerprint density at radius 1 is 1.30 bits per heavy atom. The predicted octanol–water partition coefficient (Wildman–Crippen LogP) is 3.09. The highest BCUT2D eigenvalue weighted by Gasteiger charge is 2.21. The molecule has 0 atom stereocenters. The van der Waals surface area contributed by atoms with Crippen LogP contribution in [0.15, 0.2) is 18.2 Å². The topological polar surface area (TPSA) is 29.9 Å². The number of fused-ring (bicyclic) bond motifs is 1. The van der Waals surface area contributed by atoms with Crippen molar-refractivity contribution >= 4 is 0 Å². The first-order valence-corrected chi connectivity index (χ1v) is 7.59. The fourth-order valence-electron chi connectivity index (χ4n) is 3.02. The van der Waals surface area contributed by atoms with E-state index in [1.54, 1.807) is 0 Å². The van der Waals surface area contributed by atoms with Gasteiger partial charge in [-0.25, -0.2) is 4.98 Å². The van der Waals surface area contributed by atoms with Crippen molar-refractivity contribution in [2.24, 2.45) is 0 Å². The third-order valence-corrected chi connectivity index (χ3v) is 4.25. The molecule has 3 nitrogen and oxygen atoms in total. The van der Waals surface area contributed by atoms with Crippen LogP contribution in [0.2, 0.25) is 0 Å². The minimum atomic E-state index is 0.907. The maximum absolute atomic E-state index is 4.89. The van der Waals surface area contributed by atoms with Crippen LogP contribution in [-0.4, -0.2) is 16.1 Å². The molecule has 0 saturated heterocycles. The van der Waals surface area contributed by atoms with Gasteiger partial charge in [-0.3, -0.25) is 0 Å². The van der Waals surface area contributed by atoms with E-state index in [-0.39, 0.29) is 0 Å². The van der Waals surface area contributed by atoms with Crippen molar-refractivity contribution in [1.82, 2.24) is 14.9 Å². The smallest absolute Gasteiger partial charge is 0.113 e. The van der Waals surface area contributed by atoms with Crippen LogP contribution in [-0.2, 0) is 19.4 Å². The van der Waals surface area contributed by atoms with Crippen LogP contribution in [0.1, 0.15) is 41.7 Å². The van der Waals surface area contributed by atoms with Crippen molar-refractivity contribution in [3.63, 3.8) is 0 Å². The lowest BCUT2D eigenvalue weighted by atomic mass is 10.1. The lowest BCUT2D eigenvalue weighted by Crippen LogP contribution is -2.25. The molecule has 3 rings (SSSR count). The Kier molecular flexibility index (Phi) is 3.62. The third kappa shape index (κ3) is 2.16. The number of imidazole rings is 1. The van der Waals surface area contributed by atoms with Crippen LogP contribution < -0.4 is 5.32 Å². The Bertz CT molecular complexity index is 625. The molecule has 0 bridgehead atoms. The second kappa shape index (κ2) is 5.41. The van der Waals surface area contributed by atoms with E-state index in [0.29, 0.717) is 0 Å². The van der Waals surface area contributed by atoms with Gasteiger partial charge < -0.3 is 9.88 Å². The normalized spacial score (nSPS) is 14.3. The van der Waals surface area contributed by atoms with Gasteiger partial charge in [0.15, 0.2) is 0 Å². The first-order valence-electron chi connectivity index (χ1n) is 7.59. The molecule has 0 unspecified atom stereocenters. The van der Waals surface area contributed by atoms with Crippen molar-refractivity contribution in [1.29, 1.82) is 0 Å². The number of benzene rings is 1. The predicted molar refractivity (Wildman–Crippen MR) is 82.4 cm³/mol. The molecule has 0 amide bonds. The Morgan fingerprint density at radius 2 is 2.15 bits per heavy atom. The summed E-state index contributed by atoms with van der Waals surface area (Å²) >= 11 is 0. The summed E-state index contributed by atoms with van der Waals surface area (Å²) in [5.41, 5.74) is 6.66. The van der Waals surface area contributed by atoms with Crippen LogP contribution >= 0.6 is 0 Å². The number of hydrogen-bond donors (Lipinski definition) is 1. The second-order valence-corrected chi connectivity index (χ2v) is 5.65. The van der Waals surface area contributed by atoms with Crippen LogP contribution in [0, 0.1) is 13.8 Å². The molecule has 0 fully saturated rings. The highest BCUT2D eigenvalue weighted by Crippen LogP contribution is 2.25. The number of hydrogen-bond acceptors (Lipinski definition) is 2. The van der Waals surface area contributed by atoms with Crippen molar-refractivity contribution in [2.75, 3.05) is 6.54 Å². The molecule has 0 aliphatic carbocycles. The number of aromatic nitrogens is 2. The summed E-state index contributed by atoms with van der Waals surface area (Å²) in [5.74, 6) is 1.22. The summed E-state index contributed by atoms with van der Waals surface area (Å²) in [6, 6.07) is 6.57. The van der Waals surface area contributed by atoms with E-state index in [9.17, 15) is 0 Å². The van der Waals surface area contributed by atoms with Gasteiger partial charge in [0.1, 0.15) is 5.82 Å². The molecule has 1 aromatic carbocycles. The minimum absolute atomic E-state index is 0.907. The summed E-state index contributed by atoms with van der Waals surface area (Å²) in [6.07, 6.45) is 3.24. The van der Waals surface area contributed by atoms with Gasteiger partial charge in [-0.05, 0) is 37.5 Å². The van der Waals surface area contributed by atoms with Gasteiger partial charge in [0.25, 0.3) is 0 Å². The van der Waals surface area contributed by atoms with Crippen molar-refractivity contribution < 1.29 is 0 Å². The van der Waals surface area contributed by atoms with Crippen molar-refractivity contribution in [3.05, 3.63) is 46.5 Å². The average Bonchev–Trinajstić information content (AvgIpc) is 2.80. The second-order valence-electron chi connectivity index (χ2n) is 5.65. The van der Waals surface area contributed by atoms with Crippen molar-refractivity contribution in [3.8, 4) is 5.69 Å². The fraction of sp³-hybridized carbons (Fsp3) is 0.471. The quantitative estimate of drug-likeness (QED) is 0.928. The van der Waals surface area contributed by atoms with Crippen LogP contribution in [0.4, 0.5) is 0 Å². The molecular formula is C17H23N3. The number of aryl methyl sites for hydroxylation is 2. The van der Waals surface area contributed by atoms with Gasteiger partial charge in [0, 0.05) is 31.6 Å². The third-order valence-electron chi connectivity index (χ3n) is 4.25. The Labute approximate surface area is 121 Å². The Balaban J connectivity index is 2.20. The lowest BCUT2D eigenvalue weighted by molar-refractivity contribution is 0.619. The van der Waals surface area contributed by atoms with Gasteiger partial charge >= 0.3 is 0 Å². The van der Waals surface area contributed by atoms with E-state index >= 15 is 0 Å². The Hall–Kier alpha value is -1.61. The zero-order valence-corrected chi connectivity index (χ0v) is 12.7. The summed E-state index contributed by atoms with van der Waals surface area (Å²) in [4.78, 5) is 4.89. The standard InChI is InChI=1S/C17H23N3/c1-4-6-17-19-14-11-18-10-9-16(14)20(17)15-8-5-7-12(2)13(15)3/h5,7-8,18H,4,6,9-11H2,1-3H3. The molecule has 2 heterocycles. The van der Waals surface area contributed by atoms with E-state index in [0.717, 1.165) is 32.4 Å². The van der Waals surface area contributed by atoms with E-state index in [1.807, 2.05) is 0 Å². The van der Waals surface area contributed by atoms with Crippen LogP contribution in [0.25, 0.3) is 5.69 Å². The van der Waals surface area contributed by atoms with Gasteiger partial charge in [-0.15, -0.1) is 0 Å². The molecule has 0 radical (unpaired) electrons. The maximum atomic E-state index is 4.89. The largest absolute Gasteiger partial charge is 0.311 e. The highest BCUT2D eigenvalue weighted by atomic mass is 15.1. The molecule has 1 N–H and O–H groups in total. The summed E-state index contributed by atoms with van der Waals surface area (Å²) in [7, 11) is 0. The van der Waals surface area contributed by atoms with E-state index in [2.05, 4.69) is 48.9 Å². The monoisotopic (exact) mass is 269 g/mol. The molecule has 20 heavy (non-hydrogen) atoms. The van der Waals surface area contributed by atoms with Crippen molar-refractivity contribution in [2.45, 2.75) is 46.6 Å². The number of rotatable bonds is 3. The zero-order chi connectivity index (χ0) is 14.1. The molecule has 3 heteroatoms. The minimum Gasteiger partial charge on any atom is -0.311 e. The molecule has 106 valence electrons.